The molecular formula is C77H128O6. The Hall–Kier alpha value is -4.45. The molecule has 0 spiro atoms. The quantitative estimate of drug-likeness (QED) is 0.0261. The molecule has 0 amide bonds. The van der Waals surface area contributed by atoms with E-state index in [0.29, 0.717) is 12.8 Å². The number of hydrogen-bond acceptors (Lipinski definition) is 6. The largest absolute Gasteiger partial charge is 0.462 e. The van der Waals surface area contributed by atoms with E-state index in [4.69, 9.17) is 14.2 Å². The molecule has 0 radical (unpaired) electrons. The Balaban J connectivity index is 4.35. The van der Waals surface area contributed by atoms with Gasteiger partial charge in [0.15, 0.2) is 6.10 Å². The van der Waals surface area contributed by atoms with E-state index >= 15 is 0 Å². The molecule has 0 heterocycles. The Morgan fingerprint density at radius 3 is 0.819 bits per heavy atom. The average Bonchev–Trinajstić information content (AvgIpc) is 3.49. The van der Waals surface area contributed by atoms with E-state index in [1.165, 1.54) is 180 Å². The van der Waals surface area contributed by atoms with Gasteiger partial charge in [0.25, 0.3) is 0 Å². The van der Waals surface area contributed by atoms with Crippen LogP contribution in [-0.2, 0) is 28.6 Å². The first-order valence-electron chi connectivity index (χ1n) is 34.7. The topological polar surface area (TPSA) is 78.9 Å². The summed E-state index contributed by atoms with van der Waals surface area (Å²) in [7, 11) is 0. The molecule has 1 unspecified atom stereocenters. The molecule has 0 aliphatic rings. The molecular weight excluding hydrogens is 1020 g/mol. The fourth-order valence-electron chi connectivity index (χ4n) is 9.60. The summed E-state index contributed by atoms with van der Waals surface area (Å²) in [6.07, 6.45) is 99.7. The summed E-state index contributed by atoms with van der Waals surface area (Å²) in [6.45, 7) is 6.29. The van der Waals surface area contributed by atoms with Gasteiger partial charge >= 0.3 is 17.9 Å². The fourth-order valence-corrected chi connectivity index (χ4v) is 9.60. The Morgan fingerprint density at radius 1 is 0.265 bits per heavy atom. The van der Waals surface area contributed by atoms with Crippen LogP contribution in [0.3, 0.4) is 0 Å². The minimum Gasteiger partial charge on any atom is -0.462 e. The Kier molecular flexibility index (Phi) is 66.3. The van der Waals surface area contributed by atoms with Crippen molar-refractivity contribution in [1.82, 2.24) is 0 Å². The number of carbonyl (C=O) groups excluding carboxylic acids is 3. The molecule has 0 aromatic heterocycles. The number of ether oxygens (including phenoxy) is 3. The minimum absolute atomic E-state index is 0.107. The molecule has 1 atom stereocenters. The molecule has 0 fully saturated rings. The number of hydrogen-bond donors (Lipinski definition) is 0. The second-order valence-corrected chi connectivity index (χ2v) is 22.7. The molecule has 6 nitrogen and oxygen atoms in total. The maximum atomic E-state index is 12.9. The zero-order chi connectivity index (χ0) is 59.9. The molecule has 0 aliphatic carbocycles. The molecule has 0 aliphatic heterocycles. The van der Waals surface area contributed by atoms with Crippen molar-refractivity contribution >= 4 is 17.9 Å². The van der Waals surface area contributed by atoms with Gasteiger partial charge in [0.1, 0.15) is 13.2 Å². The van der Waals surface area contributed by atoms with E-state index in [9.17, 15) is 14.4 Å². The van der Waals surface area contributed by atoms with Gasteiger partial charge in [0.2, 0.25) is 0 Å². The van der Waals surface area contributed by atoms with Gasteiger partial charge < -0.3 is 14.2 Å². The summed E-state index contributed by atoms with van der Waals surface area (Å²) in [5.41, 5.74) is 0. The number of carbonyl (C=O) groups is 3. The van der Waals surface area contributed by atoms with Gasteiger partial charge in [0.05, 0.1) is 6.42 Å². The van der Waals surface area contributed by atoms with Gasteiger partial charge in [-0.2, -0.15) is 0 Å². The lowest BCUT2D eigenvalue weighted by Gasteiger charge is -2.18. The summed E-state index contributed by atoms with van der Waals surface area (Å²) in [4.78, 5) is 38.3. The van der Waals surface area contributed by atoms with Crippen molar-refractivity contribution in [1.29, 1.82) is 0 Å². The van der Waals surface area contributed by atoms with Crippen LogP contribution in [0.2, 0.25) is 0 Å². The van der Waals surface area contributed by atoms with Crippen LogP contribution in [0.1, 0.15) is 316 Å². The van der Waals surface area contributed by atoms with Gasteiger partial charge in [0, 0.05) is 12.8 Å². The highest BCUT2D eigenvalue weighted by molar-refractivity contribution is 5.72. The second kappa shape index (κ2) is 70.0. The molecule has 0 saturated carbocycles. The van der Waals surface area contributed by atoms with Gasteiger partial charge in [-0.15, -0.1) is 0 Å². The summed E-state index contributed by atoms with van der Waals surface area (Å²) >= 11 is 0. The number of allylic oxidation sites excluding steroid dienone is 21. The third-order valence-corrected chi connectivity index (χ3v) is 14.7. The van der Waals surface area contributed by atoms with Crippen molar-refractivity contribution < 1.29 is 28.6 Å². The molecule has 0 aromatic carbocycles. The van der Waals surface area contributed by atoms with Crippen molar-refractivity contribution in [3.05, 3.63) is 134 Å². The highest BCUT2D eigenvalue weighted by Crippen LogP contribution is 2.18. The average molecular weight is 1150 g/mol. The van der Waals surface area contributed by atoms with E-state index < -0.39 is 18.0 Å². The molecule has 0 N–H and O–H groups in total. The van der Waals surface area contributed by atoms with Crippen molar-refractivity contribution in [3.8, 4) is 0 Å². The smallest absolute Gasteiger partial charge is 0.309 e. The Morgan fingerprint density at radius 2 is 0.518 bits per heavy atom. The van der Waals surface area contributed by atoms with E-state index in [0.717, 1.165) is 89.9 Å². The summed E-state index contributed by atoms with van der Waals surface area (Å²) in [5, 5.41) is 0. The van der Waals surface area contributed by atoms with Crippen LogP contribution in [0.25, 0.3) is 0 Å². The summed E-state index contributed by atoms with van der Waals surface area (Å²) < 4.78 is 16.8. The van der Waals surface area contributed by atoms with E-state index in [1.54, 1.807) is 6.08 Å². The monoisotopic (exact) mass is 1150 g/mol. The normalized spacial score (nSPS) is 13.0. The molecule has 0 saturated heterocycles. The highest BCUT2D eigenvalue weighted by atomic mass is 16.6. The van der Waals surface area contributed by atoms with Crippen molar-refractivity contribution in [2.24, 2.45) is 0 Å². The first-order valence-corrected chi connectivity index (χ1v) is 34.7. The van der Waals surface area contributed by atoms with Crippen molar-refractivity contribution in [3.63, 3.8) is 0 Å². The van der Waals surface area contributed by atoms with Crippen LogP contribution in [0.4, 0.5) is 0 Å². The molecule has 6 heteroatoms. The highest BCUT2D eigenvalue weighted by Gasteiger charge is 2.19. The van der Waals surface area contributed by atoms with Crippen LogP contribution in [0.15, 0.2) is 134 Å². The van der Waals surface area contributed by atoms with Crippen LogP contribution in [-0.4, -0.2) is 37.2 Å². The molecule has 83 heavy (non-hydrogen) atoms. The fraction of sp³-hybridized carbons (Fsp3) is 0.675. The Bertz CT molecular complexity index is 1750. The lowest BCUT2D eigenvalue weighted by Crippen LogP contribution is -2.30. The molecule has 0 aromatic rings. The van der Waals surface area contributed by atoms with E-state index in [1.807, 2.05) is 18.2 Å². The SMILES string of the molecule is CC/C=C\C/C=C\C/C=C\C/C=C\C/C=C\C/C=C\CCC(=O)OC(COC(=O)C/C=C\C/C=C\C/C=C\C/C=C\C/C=C\CC)COC(=O)CCCCCCCCCCCCCCCCCCCCCCCCCCCCCCCCC. The van der Waals surface area contributed by atoms with Crippen LogP contribution >= 0.6 is 0 Å². The maximum Gasteiger partial charge on any atom is 0.309 e. The van der Waals surface area contributed by atoms with Crippen LogP contribution in [0.5, 0.6) is 0 Å². The lowest BCUT2D eigenvalue weighted by molar-refractivity contribution is -0.166. The zero-order valence-electron chi connectivity index (χ0n) is 54.2. The lowest BCUT2D eigenvalue weighted by atomic mass is 10.0. The van der Waals surface area contributed by atoms with Crippen molar-refractivity contribution in [2.45, 2.75) is 322 Å². The predicted molar refractivity (Wildman–Crippen MR) is 362 cm³/mol. The third kappa shape index (κ3) is 68.2. The molecule has 0 bridgehead atoms. The zero-order valence-corrected chi connectivity index (χ0v) is 54.2. The number of esters is 3. The van der Waals surface area contributed by atoms with Crippen molar-refractivity contribution in [2.75, 3.05) is 13.2 Å². The molecule has 472 valence electrons. The van der Waals surface area contributed by atoms with Crippen LogP contribution in [0, 0.1) is 0 Å². The summed E-state index contributed by atoms with van der Waals surface area (Å²) in [5.74, 6) is -1.15. The standard InChI is InChI=1S/C77H128O6/c1-4-7-10-13-16-19-22-25-28-30-32-33-34-35-36-37-38-39-40-41-42-43-45-46-49-52-55-58-61-64-67-70-76(79)82-73-74(72-81-75(78)69-66-63-60-57-54-51-48-27-24-21-18-15-12-9-6-3)83-77(80)71-68-65-62-59-56-53-50-47-44-31-29-26-23-20-17-14-11-8-5-2/h8-9,11-12,17-18,20-21,26-27,29,44,47-48,53-54,56-57,62-63,65-66,74H,4-7,10,13-16,19,22-25,28,30-43,45-46,49-52,55,58-61,64,67-73H2,1-3H3/b11-8-,12-9-,20-17-,21-18-,29-26-,47-44-,48-27-,56-53-,57-54-,65-62-,66-63-. The van der Waals surface area contributed by atoms with Gasteiger partial charge in [-0.05, 0) is 83.5 Å². The van der Waals surface area contributed by atoms with Gasteiger partial charge in [-0.1, -0.05) is 347 Å². The van der Waals surface area contributed by atoms with E-state index in [2.05, 4.69) is 130 Å². The van der Waals surface area contributed by atoms with Gasteiger partial charge in [-0.3, -0.25) is 14.4 Å². The number of rotatable bonds is 62. The van der Waals surface area contributed by atoms with Gasteiger partial charge in [-0.25, -0.2) is 0 Å². The maximum absolute atomic E-state index is 12.9. The molecule has 0 rings (SSSR count). The predicted octanol–water partition coefficient (Wildman–Crippen LogP) is 24.1. The Labute approximate surface area is 513 Å². The second-order valence-electron chi connectivity index (χ2n) is 22.7. The summed E-state index contributed by atoms with van der Waals surface area (Å²) in [6, 6.07) is 0. The third-order valence-electron chi connectivity index (χ3n) is 14.7. The van der Waals surface area contributed by atoms with E-state index in [-0.39, 0.29) is 32.0 Å². The number of unbranched alkanes of at least 4 members (excludes halogenated alkanes) is 30. The minimum atomic E-state index is -0.864. The first kappa shape index (κ1) is 78.5. The van der Waals surface area contributed by atoms with Crippen LogP contribution < -0.4 is 0 Å². The first-order chi connectivity index (χ1) is 41.0.